The Kier molecular flexibility index (Phi) is 17.3. The van der Waals surface area contributed by atoms with Crippen molar-refractivity contribution in [2.24, 2.45) is 0 Å². The average Bonchev–Trinajstić information content (AvgIpc) is 2.69. The Morgan fingerprint density at radius 3 is 1.09 bits per heavy atom. The van der Waals surface area contributed by atoms with Gasteiger partial charge in [-0.1, -0.05) is 0 Å². The molecule has 0 N–H and O–H groups in total. The van der Waals surface area contributed by atoms with E-state index in [1.165, 1.54) is 0 Å². The highest BCUT2D eigenvalue weighted by atomic mass is 79.9. The Bertz CT molecular complexity index is 687. The van der Waals surface area contributed by atoms with E-state index in [-0.39, 0.29) is 60.5 Å². The molecule has 0 amide bonds. The molecule has 0 aliphatic carbocycles. The molecule has 0 rings (SSSR count). The number of halogens is 4. The van der Waals surface area contributed by atoms with E-state index in [0.29, 0.717) is 26.1 Å². The van der Waals surface area contributed by atoms with Crippen LogP contribution in [0.5, 0.6) is 0 Å². The summed E-state index contributed by atoms with van der Waals surface area (Å²) in [6.07, 6.45) is 0.946. The predicted octanol–water partition coefficient (Wildman–Crippen LogP) is 4.05. The van der Waals surface area contributed by atoms with Crippen molar-refractivity contribution in [3.05, 3.63) is 0 Å². The van der Waals surface area contributed by atoms with E-state index in [1.54, 1.807) is 5.90 Å². The summed E-state index contributed by atoms with van der Waals surface area (Å²) in [5, 5.41) is 0. The summed E-state index contributed by atoms with van der Waals surface area (Å²) in [5.74, 6) is 0.0746. The number of rotatable bonds is 20. The van der Waals surface area contributed by atoms with Crippen molar-refractivity contribution >= 4 is 84.3 Å². The fourth-order valence-corrected chi connectivity index (χ4v) is 5.58. The van der Waals surface area contributed by atoms with Crippen LogP contribution in [-0.2, 0) is 33.9 Å². The van der Waals surface area contributed by atoms with Gasteiger partial charge in [-0.15, -0.1) is 0 Å². The minimum atomic E-state index is -3.20. The van der Waals surface area contributed by atoms with Crippen LogP contribution in [0.4, 0.5) is 0 Å². The highest BCUT2D eigenvalue weighted by molar-refractivity contribution is 9.21. The van der Waals surface area contributed by atoms with Crippen LogP contribution in [0.3, 0.4) is 0 Å². The van der Waals surface area contributed by atoms with E-state index in [2.05, 4.69) is 64.6 Å². The van der Waals surface area contributed by atoms with Gasteiger partial charge in [0.25, 0.3) is 0 Å². The lowest BCUT2D eigenvalue weighted by Crippen LogP contribution is -2.33. The smallest absolute Gasteiger partial charge is 0.152 e. The molecule has 0 aromatic heterocycles. The summed E-state index contributed by atoms with van der Waals surface area (Å²) in [6.45, 7) is 9.10. The van der Waals surface area contributed by atoms with E-state index in [0.717, 1.165) is 0 Å². The first-order valence-electron chi connectivity index (χ1n) is 10.4. The van der Waals surface area contributed by atoms with Crippen LogP contribution in [0.25, 0.3) is 0 Å². The van der Waals surface area contributed by atoms with E-state index in [9.17, 15) is 16.8 Å². The molecule has 0 aliphatic rings. The second-order valence-corrected chi connectivity index (χ2v) is 18.1. The third-order valence-electron chi connectivity index (χ3n) is 4.79. The first kappa shape index (κ1) is 34.6. The van der Waals surface area contributed by atoms with Crippen LogP contribution in [-0.4, -0.2) is 96.5 Å². The molecule has 0 heterocycles. The van der Waals surface area contributed by atoms with Gasteiger partial charge in [0.2, 0.25) is 0 Å². The normalized spacial score (nSPS) is 13.9. The predicted molar refractivity (Wildman–Crippen MR) is 147 cm³/mol. The Labute approximate surface area is 233 Å². The van der Waals surface area contributed by atoms with E-state index in [4.69, 9.17) is 14.2 Å². The maximum Gasteiger partial charge on any atom is 0.152 e. The highest BCUT2D eigenvalue weighted by Gasteiger charge is 2.27. The van der Waals surface area contributed by atoms with Gasteiger partial charge in [0.15, 0.2) is 19.7 Å². The first-order chi connectivity index (χ1) is 15.0. The topological polar surface area (TPSA) is 102 Å². The third kappa shape index (κ3) is 17.7. The first-order valence-corrected chi connectivity index (χ1v) is 16.9. The fraction of sp³-hybridized carbons (Fsp3) is 1.00. The van der Waals surface area contributed by atoms with Gasteiger partial charge in [-0.25, -0.2) is 16.8 Å². The molecular formula is C18H36Br4N2O7S2. The molecule has 200 valence electrons. The highest BCUT2D eigenvalue weighted by Crippen LogP contribution is 2.27. The molecule has 0 aromatic carbocycles. The van der Waals surface area contributed by atoms with Crippen molar-refractivity contribution in [2.45, 2.75) is 51.6 Å². The molecule has 0 spiro atoms. The number of sulfone groups is 2. The summed E-state index contributed by atoms with van der Waals surface area (Å²) >= 11 is 13.1. The summed E-state index contributed by atoms with van der Waals surface area (Å²) in [7, 11) is -6.39. The van der Waals surface area contributed by atoms with Gasteiger partial charge in [-0.05, 0) is 40.5 Å². The molecule has 0 unspecified atom stereocenters. The van der Waals surface area contributed by atoms with Crippen molar-refractivity contribution in [1.82, 2.24) is 5.90 Å². The second kappa shape index (κ2) is 16.5. The lowest BCUT2D eigenvalue weighted by Gasteiger charge is -2.28. The van der Waals surface area contributed by atoms with Crippen molar-refractivity contribution in [1.29, 1.82) is 0 Å². The molecule has 0 fully saturated rings. The van der Waals surface area contributed by atoms with Gasteiger partial charge in [-0.3, -0.25) is 0 Å². The van der Waals surface area contributed by atoms with Crippen molar-refractivity contribution in [3.8, 4) is 0 Å². The zero-order valence-electron chi connectivity index (χ0n) is 19.6. The molecule has 0 bridgehead atoms. The van der Waals surface area contributed by atoms with Crippen molar-refractivity contribution in [2.75, 3.05) is 62.7 Å². The van der Waals surface area contributed by atoms with Gasteiger partial charge < -0.3 is 14.2 Å². The summed E-state index contributed by atoms with van der Waals surface area (Å²) in [6, 6.07) is 0. The molecule has 0 radical (unpaired) electrons. The maximum absolute atomic E-state index is 12.1. The Morgan fingerprint density at radius 1 is 0.545 bits per heavy atom. The quantitative estimate of drug-likeness (QED) is 0.134. The van der Waals surface area contributed by atoms with Crippen LogP contribution in [0.15, 0.2) is 0 Å². The van der Waals surface area contributed by atoms with E-state index >= 15 is 0 Å². The molecular weight excluding hydrogens is 740 g/mol. The standard InChI is InChI=1S/C18H36Br4N2O7S2/c1-17(2,23(19)20)5-13-32(25,26)15-11-30-9-7-29-8-10-31-12-16-33(27,28)14-6-18(3,4)24(21)22/h5-16H2,1-4H3. The zero-order chi connectivity index (χ0) is 25.8. The molecule has 33 heavy (non-hydrogen) atoms. The third-order valence-corrected chi connectivity index (χ3v) is 11.9. The lowest BCUT2D eigenvalue weighted by atomic mass is 10.0. The van der Waals surface area contributed by atoms with Gasteiger partial charge in [0.1, 0.15) is 0 Å². The SMILES string of the molecule is CC(C)(CCS(=O)(=O)CCOCCOCCOCCS(=O)(=O)CCC(C)(C)N(Br)Br)N(Br)Br. The molecule has 0 saturated carbocycles. The largest absolute Gasteiger partial charge is 0.378 e. The van der Waals surface area contributed by atoms with Crippen molar-refractivity contribution in [3.63, 3.8) is 0 Å². The Hall–Kier alpha value is 1.62. The monoisotopic (exact) mass is 772 g/mol. The summed E-state index contributed by atoms with van der Waals surface area (Å²) in [4.78, 5) is 0. The van der Waals surface area contributed by atoms with Gasteiger partial charge in [-0.2, -0.15) is 5.90 Å². The summed E-state index contributed by atoms with van der Waals surface area (Å²) in [5.41, 5.74) is -0.679. The Morgan fingerprint density at radius 2 is 0.818 bits per heavy atom. The van der Waals surface area contributed by atoms with Crippen LogP contribution >= 0.6 is 64.6 Å². The minimum Gasteiger partial charge on any atom is -0.378 e. The number of ether oxygens (including phenoxy) is 3. The van der Waals surface area contributed by atoms with E-state index in [1.807, 2.05) is 27.7 Å². The molecule has 0 atom stereocenters. The van der Waals surface area contributed by atoms with Crippen LogP contribution in [0, 0.1) is 0 Å². The number of hydrogen-bond donors (Lipinski definition) is 0. The number of nitrogens with zero attached hydrogens (tertiary/aromatic N) is 2. The molecule has 0 saturated heterocycles. The van der Waals surface area contributed by atoms with Gasteiger partial charge >= 0.3 is 0 Å². The second-order valence-electron chi connectivity index (χ2n) is 8.73. The number of hydrogen-bond acceptors (Lipinski definition) is 9. The average molecular weight is 776 g/mol. The maximum atomic E-state index is 12.1. The minimum absolute atomic E-state index is 0.0360. The molecule has 9 nitrogen and oxygen atoms in total. The lowest BCUT2D eigenvalue weighted by molar-refractivity contribution is 0.0202. The molecule has 15 heteroatoms. The van der Waals surface area contributed by atoms with Crippen LogP contribution in [0.1, 0.15) is 40.5 Å². The van der Waals surface area contributed by atoms with Crippen LogP contribution in [0.2, 0.25) is 0 Å². The van der Waals surface area contributed by atoms with Gasteiger partial charge in [0.05, 0.1) is 62.7 Å². The van der Waals surface area contributed by atoms with Gasteiger partial charge in [0, 0.05) is 75.7 Å². The zero-order valence-corrected chi connectivity index (χ0v) is 27.5. The molecule has 0 aromatic rings. The Balaban J connectivity index is 3.77. The fourth-order valence-electron chi connectivity index (χ4n) is 2.10. The van der Waals surface area contributed by atoms with Crippen molar-refractivity contribution < 1.29 is 31.0 Å². The molecule has 0 aliphatic heterocycles. The summed E-state index contributed by atoms with van der Waals surface area (Å²) < 4.78 is 67.7. The van der Waals surface area contributed by atoms with E-state index < -0.39 is 19.7 Å². The van der Waals surface area contributed by atoms with Crippen LogP contribution < -0.4 is 0 Å².